The maximum absolute atomic E-state index is 4.51. The fourth-order valence-electron chi connectivity index (χ4n) is 4.41. The zero-order chi connectivity index (χ0) is 16.6. The van der Waals surface area contributed by atoms with E-state index in [2.05, 4.69) is 51.5 Å². The first kappa shape index (κ1) is 15.6. The Bertz CT molecular complexity index is 754. The Labute approximate surface area is 144 Å². The monoisotopic (exact) mass is 324 g/mol. The minimum atomic E-state index is 0.617. The van der Waals surface area contributed by atoms with Crippen LogP contribution in [0.1, 0.15) is 36.8 Å². The first-order valence-electron chi connectivity index (χ1n) is 9.22. The van der Waals surface area contributed by atoms with Gasteiger partial charge in [0, 0.05) is 43.8 Å². The van der Waals surface area contributed by atoms with Gasteiger partial charge in [-0.1, -0.05) is 24.6 Å². The zero-order valence-electron chi connectivity index (χ0n) is 14.9. The van der Waals surface area contributed by atoms with Crippen LogP contribution >= 0.6 is 0 Å². The van der Waals surface area contributed by atoms with E-state index in [-0.39, 0.29) is 0 Å². The third kappa shape index (κ3) is 2.68. The van der Waals surface area contributed by atoms with E-state index >= 15 is 0 Å². The van der Waals surface area contributed by atoms with Crippen molar-refractivity contribution in [1.82, 2.24) is 15.2 Å². The molecule has 4 nitrogen and oxygen atoms in total. The van der Waals surface area contributed by atoms with Gasteiger partial charge in [0.25, 0.3) is 0 Å². The van der Waals surface area contributed by atoms with E-state index in [4.69, 9.17) is 0 Å². The molecule has 2 fully saturated rings. The van der Waals surface area contributed by atoms with Crippen LogP contribution in [0.3, 0.4) is 0 Å². The highest BCUT2D eigenvalue weighted by Crippen LogP contribution is 2.47. The Morgan fingerprint density at radius 1 is 1.33 bits per heavy atom. The van der Waals surface area contributed by atoms with Crippen molar-refractivity contribution >= 4 is 16.9 Å². The molecule has 0 atom stereocenters. The SMILES string of the molecule is CN=C(NCCc1c[nH]c2c(C)cccc12)N1CCC2(CCC2)C1. The number of fused-ring (bicyclic) bond motifs is 1. The highest BCUT2D eigenvalue weighted by molar-refractivity contribution is 5.86. The molecule has 0 radical (unpaired) electrons. The lowest BCUT2D eigenvalue weighted by Crippen LogP contribution is -2.43. The highest BCUT2D eigenvalue weighted by atomic mass is 15.3. The standard InChI is InChI=1S/C20H28N4/c1-15-5-3-6-17-16(13-23-18(15)17)7-11-22-19(21-2)24-12-10-20(14-24)8-4-9-20/h3,5-6,13,23H,4,7-12,14H2,1-2H3,(H,21,22). The second kappa shape index (κ2) is 6.15. The molecule has 0 bridgehead atoms. The molecule has 2 N–H and O–H groups in total. The number of para-hydroxylation sites is 1. The van der Waals surface area contributed by atoms with Crippen LogP contribution in [-0.4, -0.2) is 42.5 Å². The van der Waals surface area contributed by atoms with Crippen molar-refractivity contribution in [3.05, 3.63) is 35.5 Å². The number of benzene rings is 1. The van der Waals surface area contributed by atoms with Crippen LogP contribution in [0, 0.1) is 12.3 Å². The number of nitrogens with zero attached hydrogens (tertiary/aromatic N) is 2. The van der Waals surface area contributed by atoms with Crippen molar-refractivity contribution in [2.75, 3.05) is 26.7 Å². The van der Waals surface area contributed by atoms with Crippen molar-refractivity contribution in [3.8, 4) is 0 Å². The van der Waals surface area contributed by atoms with Crippen molar-refractivity contribution in [1.29, 1.82) is 0 Å². The summed E-state index contributed by atoms with van der Waals surface area (Å²) in [5.41, 5.74) is 4.58. The van der Waals surface area contributed by atoms with Gasteiger partial charge >= 0.3 is 0 Å². The molecular weight excluding hydrogens is 296 g/mol. The normalized spacial score (nSPS) is 19.9. The van der Waals surface area contributed by atoms with Gasteiger partial charge in [-0.05, 0) is 49.1 Å². The molecule has 4 rings (SSSR count). The van der Waals surface area contributed by atoms with Crippen LogP contribution in [0.15, 0.2) is 29.4 Å². The summed E-state index contributed by atoms with van der Waals surface area (Å²) in [5.74, 6) is 1.08. The van der Waals surface area contributed by atoms with E-state index in [1.807, 2.05) is 7.05 Å². The first-order valence-corrected chi connectivity index (χ1v) is 9.22. The summed E-state index contributed by atoms with van der Waals surface area (Å²) >= 11 is 0. The highest BCUT2D eigenvalue weighted by Gasteiger charge is 2.43. The van der Waals surface area contributed by atoms with Gasteiger partial charge in [-0.3, -0.25) is 4.99 Å². The lowest BCUT2D eigenvalue weighted by Gasteiger charge is -2.38. The zero-order valence-corrected chi connectivity index (χ0v) is 14.9. The maximum Gasteiger partial charge on any atom is 0.193 e. The molecule has 1 saturated heterocycles. The second-order valence-corrected chi connectivity index (χ2v) is 7.56. The topological polar surface area (TPSA) is 43.4 Å². The Balaban J connectivity index is 1.36. The van der Waals surface area contributed by atoms with Gasteiger partial charge < -0.3 is 15.2 Å². The number of rotatable bonds is 3. The summed E-state index contributed by atoms with van der Waals surface area (Å²) in [4.78, 5) is 10.4. The first-order chi connectivity index (χ1) is 11.7. The molecule has 1 aromatic heterocycles. The predicted octanol–water partition coefficient (Wildman–Crippen LogP) is 3.47. The molecule has 24 heavy (non-hydrogen) atoms. The summed E-state index contributed by atoms with van der Waals surface area (Å²) in [5, 5.41) is 4.93. The Morgan fingerprint density at radius 2 is 2.21 bits per heavy atom. The molecule has 1 saturated carbocycles. The van der Waals surface area contributed by atoms with E-state index < -0.39 is 0 Å². The molecule has 0 amide bonds. The smallest absolute Gasteiger partial charge is 0.193 e. The van der Waals surface area contributed by atoms with Crippen molar-refractivity contribution in [2.24, 2.45) is 10.4 Å². The van der Waals surface area contributed by atoms with Crippen LogP contribution in [0.5, 0.6) is 0 Å². The van der Waals surface area contributed by atoms with Gasteiger partial charge in [0.05, 0.1) is 0 Å². The van der Waals surface area contributed by atoms with Crippen molar-refractivity contribution < 1.29 is 0 Å². The second-order valence-electron chi connectivity index (χ2n) is 7.56. The number of hydrogen-bond acceptors (Lipinski definition) is 1. The fourth-order valence-corrected chi connectivity index (χ4v) is 4.41. The van der Waals surface area contributed by atoms with Gasteiger partial charge in [0.15, 0.2) is 5.96 Å². The van der Waals surface area contributed by atoms with Gasteiger partial charge in [0.1, 0.15) is 0 Å². The molecule has 1 aliphatic carbocycles. The van der Waals surface area contributed by atoms with Gasteiger partial charge in [-0.25, -0.2) is 0 Å². The molecule has 4 heteroatoms. The van der Waals surface area contributed by atoms with Crippen LogP contribution in [0.2, 0.25) is 0 Å². The number of aromatic amines is 1. The third-order valence-corrected chi connectivity index (χ3v) is 6.05. The molecule has 2 aromatic rings. The molecule has 1 spiro atoms. The number of guanidine groups is 1. The average molecular weight is 324 g/mol. The Morgan fingerprint density at radius 3 is 2.92 bits per heavy atom. The number of H-pyrrole nitrogens is 1. The molecule has 0 unspecified atom stereocenters. The van der Waals surface area contributed by atoms with Crippen LogP contribution in [0.4, 0.5) is 0 Å². The number of nitrogens with one attached hydrogen (secondary N) is 2. The Kier molecular flexibility index (Phi) is 3.99. The molecule has 128 valence electrons. The number of hydrogen-bond donors (Lipinski definition) is 2. The predicted molar refractivity (Wildman–Crippen MR) is 101 cm³/mol. The number of aromatic nitrogens is 1. The van der Waals surface area contributed by atoms with Crippen molar-refractivity contribution in [3.63, 3.8) is 0 Å². The minimum Gasteiger partial charge on any atom is -0.361 e. The van der Waals surface area contributed by atoms with E-state index in [1.54, 1.807) is 0 Å². The maximum atomic E-state index is 4.51. The molecule has 1 aliphatic heterocycles. The summed E-state index contributed by atoms with van der Waals surface area (Å²) in [6.07, 6.45) is 8.75. The third-order valence-electron chi connectivity index (χ3n) is 6.05. The van der Waals surface area contributed by atoms with Gasteiger partial charge in [-0.2, -0.15) is 0 Å². The largest absolute Gasteiger partial charge is 0.361 e. The summed E-state index contributed by atoms with van der Waals surface area (Å²) in [6.45, 7) is 5.44. The minimum absolute atomic E-state index is 0.617. The number of aryl methyl sites for hydroxylation is 1. The lowest BCUT2D eigenvalue weighted by atomic mass is 9.68. The van der Waals surface area contributed by atoms with E-state index in [0.717, 1.165) is 25.5 Å². The summed E-state index contributed by atoms with van der Waals surface area (Å²) in [6, 6.07) is 6.51. The number of aliphatic imine (C=N–C) groups is 1. The van der Waals surface area contributed by atoms with Crippen LogP contribution in [0.25, 0.3) is 10.9 Å². The molecule has 2 heterocycles. The molecule has 1 aromatic carbocycles. The van der Waals surface area contributed by atoms with E-state index in [1.165, 1.54) is 54.3 Å². The van der Waals surface area contributed by atoms with Crippen LogP contribution < -0.4 is 5.32 Å². The average Bonchev–Trinajstić information content (AvgIpc) is 3.17. The molecular formula is C20H28N4. The van der Waals surface area contributed by atoms with Crippen molar-refractivity contribution in [2.45, 2.75) is 39.0 Å². The number of likely N-dealkylation sites (tertiary alicyclic amines) is 1. The van der Waals surface area contributed by atoms with E-state index in [0.29, 0.717) is 5.41 Å². The summed E-state index contributed by atoms with van der Waals surface area (Å²) in [7, 11) is 1.91. The summed E-state index contributed by atoms with van der Waals surface area (Å²) < 4.78 is 0. The quantitative estimate of drug-likeness (QED) is 0.671. The Hall–Kier alpha value is -1.97. The molecule has 2 aliphatic rings. The van der Waals surface area contributed by atoms with Gasteiger partial charge in [-0.15, -0.1) is 0 Å². The van der Waals surface area contributed by atoms with E-state index in [9.17, 15) is 0 Å². The fraction of sp³-hybridized carbons (Fsp3) is 0.550. The lowest BCUT2D eigenvalue weighted by molar-refractivity contribution is 0.151. The van der Waals surface area contributed by atoms with Crippen LogP contribution in [-0.2, 0) is 6.42 Å². The van der Waals surface area contributed by atoms with Gasteiger partial charge in [0.2, 0.25) is 0 Å².